The zero-order valence-electron chi connectivity index (χ0n) is 16.0. The molecule has 0 atom stereocenters. The van der Waals surface area contributed by atoms with Crippen LogP contribution in [0.15, 0.2) is 35.4 Å². The van der Waals surface area contributed by atoms with Gasteiger partial charge in [-0.3, -0.25) is 14.2 Å². The molecule has 0 amide bonds. The van der Waals surface area contributed by atoms with Gasteiger partial charge >= 0.3 is 12.1 Å². The van der Waals surface area contributed by atoms with Gasteiger partial charge in [-0.05, 0) is 48.9 Å². The highest BCUT2D eigenvalue weighted by Crippen LogP contribution is 2.33. The summed E-state index contributed by atoms with van der Waals surface area (Å²) in [6.45, 7) is 0.0133. The summed E-state index contributed by atoms with van der Waals surface area (Å²) in [7, 11) is 0. The second-order valence-electron chi connectivity index (χ2n) is 7.24. The number of ether oxygens (including phenoxy) is 1. The van der Waals surface area contributed by atoms with Crippen molar-refractivity contribution >= 4 is 27.5 Å². The van der Waals surface area contributed by atoms with E-state index in [2.05, 4.69) is 4.98 Å². The van der Waals surface area contributed by atoms with E-state index in [1.165, 1.54) is 27.9 Å². The van der Waals surface area contributed by atoms with Crippen molar-refractivity contribution < 1.29 is 22.7 Å². The number of benzene rings is 1. The Morgan fingerprint density at radius 3 is 2.63 bits per heavy atom. The van der Waals surface area contributed by atoms with Crippen molar-refractivity contribution in [3.8, 4) is 0 Å². The van der Waals surface area contributed by atoms with Gasteiger partial charge in [-0.15, -0.1) is 11.3 Å². The molecule has 0 fully saturated rings. The van der Waals surface area contributed by atoms with Gasteiger partial charge in [0.1, 0.15) is 11.4 Å². The third-order valence-corrected chi connectivity index (χ3v) is 6.38. The van der Waals surface area contributed by atoms with E-state index < -0.39 is 17.7 Å². The van der Waals surface area contributed by atoms with Crippen LogP contribution in [0, 0.1) is 0 Å². The average molecular weight is 436 g/mol. The van der Waals surface area contributed by atoms with Gasteiger partial charge in [0, 0.05) is 11.4 Å². The number of hydrogen-bond acceptors (Lipinski definition) is 5. The largest absolute Gasteiger partial charge is 0.461 e. The first-order valence-corrected chi connectivity index (χ1v) is 10.5. The van der Waals surface area contributed by atoms with Crippen molar-refractivity contribution in [2.75, 3.05) is 0 Å². The number of carbonyl (C=O) groups is 1. The molecule has 1 aromatic carbocycles. The highest BCUT2D eigenvalue weighted by Gasteiger charge is 2.30. The summed E-state index contributed by atoms with van der Waals surface area (Å²) >= 11 is 1.57. The predicted octanol–water partition coefficient (Wildman–Crippen LogP) is 4.49. The minimum atomic E-state index is -4.40. The Morgan fingerprint density at radius 2 is 1.90 bits per heavy atom. The van der Waals surface area contributed by atoms with Crippen molar-refractivity contribution in [2.24, 2.45) is 0 Å². The summed E-state index contributed by atoms with van der Waals surface area (Å²) in [5.41, 5.74) is 0.657. The molecule has 1 aliphatic rings. The first-order chi connectivity index (χ1) is 14.3. The lowest BCUT2D eigenvalue weighted by atomic mass is 9.97. The minimum Gasteiger partial charge on any atom is -0.461 e. The van der Waals surface area contributed by atoms with Crippen LogP contribution in [0.3, 0.4) is 0 Å². The SMILES string of the molecule is O=C(CCn1cnc2sc3c(c2c1=O)CCCC3)OCc1ccc(C(F)(F)F)cc1. The van der Waals surface area contributed by atoms with Gasteiger partial charge in [-0.2, -0.15) is 13.2 Å². The summed E-state index contributed by atoms with van der Waals surface area (Å²) in [5.74, 6) is -0.533. The summed E-state index contributed by atoms with van der Waals surface area (Å²) in [6, 6.07) is 4.45. The number of esters is 1. The number of rotatable bonds is 5. The van der Waals surface area contributed by atoms with E-state index in [9.17, 15) is 22.8 Å². The molecule has 158 valence electrons. The lowest BCUT2D eigenvalue weighted by Crippen LogP contribution is -2.23. The standard InChI is InChI=1S/C21H19F3N2O3S/c22-21(23,24)14-7-5-13(6-8-14)11-29-17(27)9-10-26-12-25-19-18(20(26)28)15-3-1-2-4-16(15)30-19/h5-8,12H,1-4,9-11H2. The molecule has 9 heteroatoms. The number of halogens is 3. The molecule has 0 aliphatic heterocycles. The quantitative estimate of drug-likeness (QED) is 0.553. The maximum Gasteiger partial charge on any atom is 0.416 e. The Labute approximate surface area is 174 Å². The fraction of sp³-hybridized carbons (Fsp3) is 0.381. The van der Waals surface area contributed by atoms with Crippen LogP contribution < -0.4 is 5.56 Å². The van der Waals surface area contributed by atoms with Gasteiger partial charge in [0.2, 0.25) is 0 Å². The van der Waals surface area contributed by atoms with E-state index in [-0.39, 0.29) is 25.1 Å². The summed E-state index contributed by atoms with van der Waals surface area (Å²) in [5, 5.41) is 0.662. The normalized spacial score (nSPS) is 14.0. The van der Waals surface area contributed by atoms with Gasteiger partial charge in [0.15, 0.2) is 0 Å². The van der Waals surface area contributed by atoms with Crippen LogP contribution in [0.5, 0.6) is 0 Å². The highest BCUT2D eigenvalue weighted by atomic mass is 32.1. The number of nitrogens with zero attached hydrogens (tertiary/aromatic N) is 2. The Bertz CT molecular complexity index is 1130. The van der Waals surface area contributed by atoms with E-state index in [1.807, 2.05) is 0 Å². The molecule has 30 heavy (non-hydrogen) atoms. The number of alkyl halides is 3. The first-order valence-electron chi connectivity index (χ1n) is 9.64. The molecule has 2 heterocycles. The van der Waals surface area contributed by atoms with Gasteiger partial charge in [0.25, 0.3) is 5.56 Å². The number of fused-ring (bicyclic) bond motifs is 3. The van der Waals surface area contributed by atoms with E-state index in [0.29, 0.717) is 10.9 Å². The van der Waals surface area contributed by atoms with Crippen LogP contribution >= 0.6 is 11.3 Å². The maximum atomic E-state index is 12.9. The third-order valence-electron chi connectivity index (χ3n) is 5.18. The molecule has 0 saturated carbocycles. The molecule has 4 rings (SSSR count). The number of thiophene rings is 1. The number of hydrogen-bond donors (Lipinski definition) is 0. The molecule has 0 unspecified atom stereocenters. The topological polar surface area (TPSA) is 61.2 Å². The van der Waals surface area contributed by atoms with Crippen LogP contribution in [-0.2, 0) is 41.7 Å². The summed E-state index contributed by atoms with van der Waals surface area (Å²) in [6.07, 6.45) is 1.06. The van der Waals surface area contributed by atoms with Crippen molar-refractivity contribution in [3.05, 3.63) is 62.5 Å². The molecule has 2 aromatic heterocycles. The van der Waals surface area contributed by atoms with Gasteiger partial charge in [-0.25, -0.2) is 4.98 Å². The van der Waals surface area contributed by atoms with Crippen LogP contribution in [0.1, 0.15) is 40.8 Å². The Hall–Kier alpha value is -2.68. The van der Waals surface area contributed by atoms with Crippen molar-refractivity contribution in [2.45, 2.75) is 51.4 Å². The molecular formula is C21H19F3N2O3S. The fourth-order valence-electron chi connectivity index (χ4n) is 3.58. The average Bonchev–Trinajstić information content (AvgIpc) is 3.11. The molecule has 0 radical (unpaired) electrons. The molecular weight excluding hydrogens is 417 g/mol. The Balaban J connectivity index is 1.37. The highest BCUT2D eigenvalue weighted by molar-refractivity contribution is 7.18. The molecule has 3 aromatic rings. The molecule has 0 spiro atoms. The van der Waals surface area contributed by atoms with Crippen LogP contribution in [0.4, 0.5) is 13.2 Å². The number of carbonyl (C=O) groups excluding carboxylic acids is 1. The third kappa shape index (κ3) is 4.26. The van der Waals surface area contributed by atoms with Gasteiger partial charge in [-0.1, -0.05) is 12.1 Å². The van der Waals surface area contributed by atoms with Crippen LogP contribution in [-0.4, -0.2) is 15.5 Å². The number of aryl methyl sites for hydroxylation is 3. The zero-order chi connectivity index (χ0) is 21.3. The lowest BCUT2D eigenvalue weighted by molar-refractivity contribution is -0.145. The molecule has 5 nitrogen and oxygen atoms in total. The second-order valence-corrected chi connectivity index (χ2v) is 8.32. The minimum absolute atomic E-state index is 0.0277. The second kappa shape index (κ2) is 8.22. The van der Waals surface area contributed by atoms with Crippen molar-refractivity contribution in [1.82, 2.24) is 9.55 Å². The Kier molecular flexibility index (Phi) is 5.64. The number of aromatic nitrogens is 2. The molecule has 0 N–H and O–H groups in total. The Morgan fingerprint density at radius 1 is 1.17 bits per heavy atom. The lowest BCUT2D eigenvalue weighted by Gasteiger charge is -2.10. The molecule has 1 aliphatic carbocycles. The first kappa shape index (κ1) is 20.6. The fourth-order valence-corrected chi connectivity index (χ4v) is 4.80. The van der Waals surface area contributed by atoms with Crippen LogP contribution in [0.25, 0.3) is 10.2 Å². The van der Waals surface area contributed by atoms with E-state index in [0.717, 1.165) is 48.2 Å². The van der Waals surface area contributed by atoms with E-state index in [4.69, 9.17) is 4.74 Å². The maximum absolute atomic E-state index is 12.9. The summed E-state index contributed by atoms with van der Waals surface area (Å²) in [4.78, 5) is 31.2. The smallest absolute Gasteiger partial charge is 0.416 e. The summed E-state index contributed by atoms with van der Waals surface area (Å²) < 4.78 is 44.3. The zero-order valence-corrected chi connectivity index (χ0v) is 16.8. The monoisotopic (exact) mass is 436 g/mol. The predicted molar refractivity (Wildman–Crippen MR) is 106 cm³/mol. The van der Waals surface area contributed by atoms with E-state index >= 15 is 0 Å². The van der Waals surface area contributed by atoms with Gasteiger partial charge < -0.3 is 4.74 Å². The van der Waals surface area contributed by atoms with E-state index in [1.54, 1.807) is 11.3 Å². The van der Waals surface area contributed by atoms with Crippen LogP contribution in [0.2, 0.25) is 0 Å². The molecule has 0 saturated heterocycles. The van der Waals surface area contributed by atoms with Crippen molar-refractivity contribution in [1.29, 1.82) is 0 Å². The molecule has 0 bridgehead atoms. The van der Waals surface area contributed by atoms with Crippen molar-refractivity contribution in [3.63, 3.8) is 0 Å². The van der Waals surface area contributed by atoms with Gasteiger partial charge in [0.05, 0.1) is 23.7 Å².